The molecule has 6 nitrogen and oxygen atoms in total. The smallest absolute Gasteiger partial charge is 0.270 e. The molecule has 94 valence electrons. The Labute approximate surface area is 105 Å². The molecule has 1 aliphatic carbocycles. The van der Waals surface area contributed by atoms with Gasteiger partial charge in [-0.05, 0) is 30.5 Å². The molecule has 2 atom stereocenters. The minimum absolute atomic E-state index is 0.0795. The molecule has 0 aliphatic heterocycles. The van der Waals surface area contributed by atoms with Gasteiger partial charge in [0.05, 0.1) is 6.04 Å². The van der Waals surface area contributed by atoms with Crippen LogP contribution in [0, 0.1) is 0 Å². The number of nitrogens with zero attached hydrogens (tertiary/aromatic N) is 4. The third kappa shape index (κ3) is 2.99. The number of aromatic nitrogens is 1. The normalized spacial score (nSPS) is 22.9. The summed E-state index contributed by atoms with van der Waals surface area (Å²) in [6.45, 7) is 0. The maximum absolute atomic E-state index is 12.0. The van der Waals surface area contributed by atoms with E-state index in [-0.39, 0.29) is 18.0 Å². The first-order valence-electron chi connectivity index (χ1n) is 6.07. The zero-order valence-electron chi connectivity index (χ0n) is 9.99. The highest BCUT2D eigenvalue weighted by Crippen LogP contribution is 2.21. The quantitative estimate of drug-likeness (QED) is 0.503. The van der Waals surface area contributed by atoms with E-state index in [0.717, 1.165) is 25.7 Å². The molecule has 1 heterocycles. The molecule has 0 bridgehead atoms. The van der Waals surface area contributed by atoms with Crippen molar-refractivity contribution < 1.29 is 4.79 Å². The average molecular weight is 245 g/mol. The second-order valence-corrected chi connectivity index (χ2v) is 4.35. The number of nitrogens with one attached hydrogen (secondary N) is 1. The van der Waals surface area contributed by atoms with Crippen molar-refractivity contribution in [3.8, 4) is 0 Å². The maximum Gasteiger partial charge on any atom is 0.270 e. The Bertz CT molecular complexity index is 455. The summed E-state index contributed by atoms with van der Waals surface area (Å²) in [5, 5.41) is 6.66. The van der Waals surface area contributed by atoms with Gasteiger partial charge in [0.1, 0.15) is 5.69 Å². The van der Waals surface area contributed by atoms with Gasteiger partial charge in [-0.25, -0.2) is 0 Å². The fourth-order valence-corrected chi connectivity index (χ4v) is 2.22. The molecular formula is C12H15N5O. The van der Waals surface area contributed by atoms with Crippen molar-refractivity contribution in [1.29, 1.82) is 0 Å². The van der Waals surface area contributed by atoms with Gasteiger partial charge in [0.2, 0.25) is 0 Å². The molecule has 1 aromatic rings. The summed E-state index contributed by atoms with van der Waals surface area (Å²) in [4.78, 5) is 18.8. The summed E-state index contributed by atoms with van der Waals surface area (Å²) in [7, 11) is 0. The van der Waals surface area contributed by atoms with Gasteiger partial charge >= 0.3 is 0 Å². The Morgan fingerprint density at radius 3 is 3.00 bits per heavy atom. The molecule has 1 aromatic heterocycles. The SMILES string of the molecule is [N-]=[N+]=N[C@H]1CCCC[C@@H]1NC(=O)c1ccccn1. The molecule has 0 aromatic carbocycles. The van der Waals surface area contributed by atoms with E-state index in [0.29, 0.717) is 5.69 Å². The van der Waals surface area contributed by atoms with E-state index in [4.69, 9.17) is 5.53 Å². The predicted molar refractivity (Wildman–Crippen MR) is 66.9 cm³/mol. The molecule has 0 saturated heterocycles. The van der Waals surface area contributed by atoms with Crippen LogP contribution in [0.3, 0.4) is 0 Å². The third-order valence-corrected chi connectivity index (χ3v) is 3.14. The van der Waals surface area contributed by atoms with E-state index in [1.165, 1.54) is 0 Å². The first-order valence-corrected chi connectivity index (χ1v) is 6.07. The second kappa shape index (κ2) is 6.02. The summed E-state index contributed by atoms with van der Waals surface area (Å²) in [6.07, 6.45) is 5.35. The highest BCUT2D eigenvalue weighted by Gasteiger charge is 2.26. The standard InChI is InChI=1S/C12H15N5O/c13-17-16-10-6-2-1-5-9(10)15-12(18)11-7-3-4-8-14-11/h3-4,7-10H,1-2,5-6H2,(H,15,18)/t9-,10-/m0/s1. The van der Waals surface area contributed by atoms with Crippen molar-refractivity contribution in [2.75, 3.05) is 0 Å². The zero-order chi connectivity index (χ0) is 12.8. The summed E-state index contributed by atoms with van der Waals surface area (Å²) < 4.78 is 0. The maximum atomic E-state index is 12.0. The van der Waals surface area contributed by atoms with Crippen LogP contribution in [0.15, 0.2) is 29.5 Å². The molecule has 0 spiro atoms. The lowest BCUT2D eigenvalue weighted by molar-refractivity contribution is 0.0916. The van der Waals surface area contributed by atoms with Gasteiger partial charge < -0.3 is 5.32 Å². The van der Waals surface area contributed by atoms with Crippen LogP contribution in [0.1, 0.15) is 36.2 Å². The number of carbonyl (C=O) groups is 1. The Hall–Kier alpha value is -2.07. The molecule has 1 aliphatic rings. The predicted octanol–water partition coefficient (Wildman–Crippen LogP) is 2.43. The third-order valence-electron chi connectivity index (χ3n) is 3.14. The number of hydrogen-bond acceptors (Lipinski definition) is 3. The summed E-state index contributed by atoms with van der Waals surface area (Å²) in [6, 6.07) is 4.98. The summed E-state index contributed by atoms with van der Waals surface area (Å²) >= 11 is 0. The van der Waals surface area contributed by atoms with Crippen LogP contribution in [0.5, 0.6) is 0 Å². The van der Waals surface area contributed by atoms with E-state index in [9.17, 15) is 4.79 Å². The van der Waals surface area contributed by atoms with Crippen molar-refractivity contribution >= 4 is 5.91 Å². The molecule has 1 N–H and O–H groups in total. The summed E-state index contributed by atoms with van der Waals surface area (Å²) in [5.74, 6) is -0.208. The fourth-order valence-electron chi connectivity index (χ4n) is 2.22. The molecule has 1 fully saturated rings. The Balaban J connectivity index is 2.03. The number of pyridine rings is 1. The Kier molecular flexibility index (Phi) is 4.15. The second-order valence-electron chi connectivity index (χ2n) is 4.35. The van der Waals surface area contributed by atoms with Crippen LogP contribution in [0.2, 0.25) is 0 Å². The van der Waals surface area contributed by atoms with Gasteiger partial charge in [0.25, 0.3) is 5.91 Å². The van der Waals surface area contributed by atoms with Crippen LogP contribution in [-0.4, -0.2) is 23.0 Å². The number of rotatable bonds is 3. The molecule has 1 amide bonds. The van der Waals surface area contributed by atoms with E-state index in [2.05, 4.69) is 20.3 Å². The minimum Gasteiger partial charge on any atom is -0.348 e. The van der Waals surface area contributed by atoms with Crippen LogP contribution >= 0.6 is 0 Å². The average Bonchev–Trinajstić information content (AvgIpc) is 2.42. The topological polar surface area (TPSA) is 90.8 Å². The van der Waals surface area contributed by atoms with Gasteiger partial charge in [-0.2, -0.15) is 0 Å². The minimum atomic E-state index is -0.208. The van der Waals surface area contributed by atoms with Gasteiger partial charge in [-0.1, -0.05) is 24.0 Å². The lowest BCUT2D eigenvalue weighted by atomic mass is 9.91. The molecule has 1 saturated carbocycles. The van der Waals surface area contributed by atoms with Gasteiger partial charge in [0.15, 0.2) is 0 Å². The number of amides is 1. The van der Waals surface area contributed by atoms with Crippen molar-refractivity contribution in [3.63, 3.8) is 0 Å². The Morgan fingerprint density at radius 1 is 1.44 bits per heavy atom. The first kappa shape index (κ1) is 12.4. The van der Waals surface area contributed by atoms with Crippen LogP contribution in [0.25, 0.3) is 10.4 Å². The first-order chi connectivity index (χ1) is 8.81. The fraction of sp³-hybridized carbons (Fsp3) is 0.500. The lowest BCUT2D eigenvalue weighted by Crippen LogP contribution is -2.44. The van der Waals surface area contributed by atoms with Crippen molar-refractivity contribution in [2.45, 2.75) is 37.8 Å². The lowest BCUT2D eigenvalue weighted by Gasteiger charge is -2.28. The Morgan fingerprint density at radius 2 is 2.28 bits per heavy atom. The van der Waals surface area contributed by atoms with E-state index in [1.807, 2.05) is 0 Å². The van der Waals surface area contributed by atoms with Crippen LogP contribution in [0.4, 0.5) is 0 Å². The van der Waals surface area contributed by atoms with E-state index in [1.54, 1.807) is 24.4 Å². The van der Waals surface area contributed by atoms with Crippen molar-refractivity contribution in [3.05, 3.63) is 40.5 Å². The molecular weight excluding hydrogens is 230 g/mol. The monoisotopic (exact) mass is 245 g/mol. The van der Waals surface area contributed by atoms with Crippen LogP contribution in [-0.2, 0) is 0 Å². The summed E-state index contributed by atoms with van der Waals surface area (Å²) in [5.41, 5.74) is 8.91. The number of azide groups is 1. The number of hydrogen-bond donors (Lipinski definition) is 1. The molecule has 0 unspecified atom stereocenters. The molecule has 2 rings (SSSR count). The largest absolute Gasteiger partial charge is 0.348 e. The molecule has 18 heavy (non-hydrogen) atoms. The molecule has 0 radical (unpaired) electrons. The van der Waals surface area contributed by atoms with Gasteiger partial charge in [-0.15, -0.1) is 0 Å². The van der Waals surface area contributed by atoms with Gasteiger partial charge in [0, 0.05) is 17.2 Å². The van der Waals surface area contributed by atoms with E-state index < -0.39 is 0 Å². The zero-order valence-corrected chi connectivity index (χ0v) is 9.99. The van der Waals surface area contributed by atoms with Crippen molar-refractivity contribution in [1.82, 2.24) is 10.3 Å². The van der Waals surface area contributed by atoms with Crippen LogP contribution < -0.4 is 5.32 Å². The number of carbonyl (C=O) groups excluding carboxylic acids is 1. The molecule has 6 heteroatoms. The highest BCUT2D eigenvalue weighted by atomic mass is 16.1. The van der Waals surface area contributed by atoms with E-state index >= 15 is 0 Å². The highest BCUT2D eigenvalue weighted by molar-refractivity contribution is 5.92. The van der Waals surface area contributed by atoms with Crippen molar-refractivity contribution in [2.24, 2.45) is 5.11 Å². The van der Waals surface area contributed by atoms with Gasteiger partial charge in [-0.3, -0.25) is 9.78 Å².